The van der Waals surface area contributed by atoms with E-state index in [0.717, 1.165) is 19.5 Å². The summed E-state index contributed by atoms with van der Waals surface area (Å²) in [6.07, 6.45) is 0.179. The Balaban J connectivity index is 0.000000479. The molecule has 0 saturated heterocycles. The Morgan fingerprint density at radius 2 is 1.88 bits per heavy atom. The molecule has 0 aromatic carbocycles. The number of rotatable bonds is 6. The number of anilines is 1. The summed E-state index contributed by atoms with van der Waals surface area (Å²) in [6, 6.07) is 4.10. The Labute approximate surface area is 187 Å². The first-order chi connectivity index (χ1) is 15.5. The number of nitrogens with zero attached hydrogens (tertiary/aromatic N) is 5. The van der Waals surface area contributed by atoms with Gasteiger partial charge in [0.2, 0.25) is 11.9 Å². The van der Waals surface area contributed by atoms with Gasteiger partial charge in [-0.15, -0.1) is 0 Å². The SMILES string of the molecule is CN(C)C(=O)COCCC1CN(c2ncc(F)cn2)Cc2cccn2C1.O=C(O)C(F)(F)F. The molecule has 2 aromatic heterocycles. The van der Waals surface area contributed by atoms with Crippen LogP contribution in [0.2, 0.25) is 0 Å². The molecule has 0 bridgehead atoms. The van der Waals surface area contributed by atoms with Gasteiger partial charge >= 0.3 is 12.1 Å². The summed E-state index contributed by atoms with van der Waals surface area (Å²) in [4.78, 5) is 32.3. The smallest absolute Gasteiger partial charge is 0.475 e. The topological polar surface area (TPSA) is 101 Å². The minimum absolute atomic E-state index is 0.0418. The summed E-state index contributed by atoms with van der Waals surface area (Å²) in [5.74, 6) is -2.41. The van der Waals surface area contributed by atoms with E-state index in [1.54, 1.807) is 14.1 Å². The van der Waals surface area contributed by atoms with E-state index in [2.05, 4.69) is 31.7 Å². The van der Waals surface area contributed by atoms with Crippen molar-refractivity contribution in [1.82, 2.24) is 19.4 Å². The quantitative estimate of drug-likeness (QED) is 0.505. The molecule has 9 nitrogen and oxygen atoms in total. The molecule has 0 aliphatic carbocycles. The number of carboxylic acid groups (broad SMARTS) is 1. The minimum atomic E-state index is -5.08. The maximum Gasteiger partial charge on any atom is 0.490 e. The predicted molar refractivity (Wildman–Crippen MR) is 109 cm³/mol. The van der Waals surface area contributed by atoms with E-state index in [9.17, 15) is 22.4 Å². The number of carboxylic acids is 1. The molecule has 182 valence electrons. The van der Waals surface area contributed by atoms with Crippen LogP contribution in [-0.2, 0) is 27.4 Å². The third-order valence-corrected chi connectivity index (χ3v) is 4.74. The van der Waals surface area contributed by atoms with Crippen molar-refractivity contribution in [3.63, 3.8) is 0 Å². The molecule has 3 heterocycles. The molecule has 2 aromatic rings. The highest BCUT2D eigenvalue weighted by Crippen LogP contribution is 2.22. The highest BCUT2D eigenvalue weighted by atomic mass is 19.4. The number of aromatic nitrogens is 3. The Morgan fingerprint density at radius 1 is 1.24 bits per heavy atom. The molecule has 0 fully saturated rings. The van der Waals surface area contributed by atoms with Crippen molar-refractivity contribution in [2.45, 2.75) is 25.7 Å². The zero-order valence-electron chi connectivity index (χ0n) is 18.1. The number of hydrogen-bond donors (Lipinski definition) is 1. The fraction of sp³-hybridized carbons (Fsp3) is 0.500. The molecule has 0 radical (unpaired) electrons. The first-order valence-electron chi connectivity index (χ1n) is 9.92. The molecule has 1 unspecified atom stereocenters. The van der Waals surface area contributed by atoms with E-state index in [1.165, 1.54) is 23.0 Å². The number of halogens is 4. The molecule has 1 atom stereocenters. The van der Waals surface area contributed by atoms with Crippen LogP contribution in [0.15, 0.2) is 30.7 Å². The van der Waals surface area contributed by atoms with Crippen molar-refractivity contribution in [3.8, 4) is 0 Å². The summed E-state index contributed by atoms with van der Waals surface area (Å²) in [5, 5.41) is 7.12. The number of ether oxygens (including phenoxy) is 1. The maximum atomic E-state index is 13.1. The summed E-state index contributed by atoms with van der Waals surface area (Å²) in [5.41, 5.74) is 1.17. The third kappa shape index (κ3) is 8.33. The lowest BCUT2D eigenvalue weighted by molar-refractivity contribution is -0.192. The van der Waals surface area contributed by atoms with Crippen molar-refractivity contribution in [2.75, 3.05) is 38.8 Å². The van der Waals surface area contributed by atoms with Crippen molar-refractivity contribution < 1.29 is 37.0 Å². The highest BCUT2D eigenvalue weighted by Gasteiger charge is 2.38. The van der Waals surface area contributed by atoms with E-state index < -0.39 is 18.0 Å². The van der Waals surface area contributed by atoms with Gasteiger partial charge in [-0.3, -0.25) is 4.79 Å². The summed E-state index contributed by atoms with van der Waals surface area (Å²) in [6.45, 7) is 2.90. The molecule has 1 aliphatic rings. The molecule has 33 heavy (non-hydrogen) atoms. The minimum Gasteiger partial charge on any atom is -0.475 e. The van der Waals surface area contributed by atoms with Crippen molar-refractivity contribution in [2.24, 2.45) is 5.92 Å². The molecule has 0 spiro atoms. The molecule has 0 saturated carbocycles. The van der Waals surface area contributed by atoms with Crippen LogP contribution in [0.3, 0.4) is 0 Å². The van der Waals surface area contributed by atoms with E-state index in [-0.39, 0.29) is 12.5 Å². The molecule has 1 amide bonds. The fourth-order valence-electron chi connectivity index (χ4n) is 3.02. The Hall–Kier alpha value is -3.22. The largest absolute Gasteiger partial charge is 0.490 e. The second-order valence-electron chi connectivity index (χ2n) is 7.53. The van der Waals surface area contributed by atoms with Crippen molar-refractivity contribution in [1.29, 1.82) is 0 Å². The van der Waals surface area contributed by atoms with Crippen LogP contribution in [0.5, 0.6) is 0 Å². The number of carbonyl (C=O) groups is 2. The number of alkyl halides is 3. The van der Waals surface area contributed by atoms with E-state index in [0.29, 0.717) is 25.0 Å². The Bertz CT molecular complexity index is 918. The van der Waals surface area contributed by atoms with Gasteiger partial charge in [0, 0.05) is 45.7 Å². The molecular weight excluding hydrogens is 450 g/mol. The van der Waals surface area contributed by atoms with Crippen LogP contribution >= 0.6 is 0 Å². The fourth-order valence-corrected chi connectivity index (χ4v) is 3.02. The monoisotopic (exact) mass is 475 g/mol. The van der Waals surface area contributed by atoms with Gasteiger partial charge in [0.05, 0.1) is 18.9 Å². The van der Waals surface area contributed by atoms with Gasteiger partial charge in [-0.1, -0.05) is 0 Å². The normalized spacial score (nSPS) is 15.7. The van der Waals surface area contributed by atoms with Gasteiger partial charge in [0.25, 0.3) is 0 Å². The number of hydrogen-bond acceptors (Lipinski definition) is 6. The van der Waals surface area contributed by atoms with Crippen LogP contribution in [0, 0.1) is 11.7 Å². The second-order valence-corrected chi connectivity index (χ2v) is 7.53. The van der Waals surface area contributed by atoms with Crippen LogP contribution in [0.4, 0.5) is 23.5 Å². The van der Waals surface area contributed by atoms with Gasteiger partial charge in [-0.05, 0) is 24.5 Å². The van der Waals surface area contributed by atoms with Crippen LogP contribution in [0.25, 0.3) is 0 Å². The number of fused-ring (bicyclic) bond motifs is 1. The van der Waals surface area contributed by atoms with Crippen LogP contribution in [-0.4, -0.2) is 76.4 Å². The molecule has 13 heteroatoms. The zero-order chi connectivity index (χ0) is 24.6. The zero-order valence-corrected chi connectivity index (χ0v) is 18.1. The molecule has 3 rings (SSSR count). The predicted octanol–water partition coefficient (Wildman–Crippen LogP) is 2.18. The Morgan fingerprint density at radius 3 is 2.45 bits per heavy atom. The Kier molecular flexibility index (Phi) is 9.14. The van der Waals surface area contributed by atoms with Crippen LogP contribution in [0.1, 0.15) is 12.1 Å². The van der Waals surface area contributed by atoms with Crippen LogP contribution < -0.4 is 4.90 Å². The van der Waals surface area contributed by atoms with Gasteiger partial charge in [-0.25, -0.2) is 19.2 Å². The summed E-state index contributed by atoms with van der Waals surface area (Å²) >= 11 is 0. The van der Waals surface area contributed by atoms with Gasteiger partial charge in [-0.2, -0.15) is 13.2 Å². The van der Waals surface area contributed by atoms with Gasteiger partial charge in [0.15, 0.2) is 5.82 Å². The number of carbonyl (C=O) groups excluding carboxylic acids is 1. The molecular formula is C20H25F4N5O4. The number of aliphatic carboxylic acids is 1. The van der Waals surface area contributed by atoms with E-state index >= 15 is 0 Å². The third-order valence-electron chi connectivity index (χ3n) is 4.74. The first-order valence-corrected chi connectivity index (χ1v) is 9.92. The maximum absolute atomic E-state index is 13.1. The number of amides is 1. The average Bonchev–Trinajstić information content (AvgIpc) is 3.09. The highest BCUT2D eigenvalue weighted by molar-refractivity contribution is 5.76. The summed E-state index contributed by atoms with van der Waals surface area (Å²) < 4.78 is 52.6. The molecule has 1 aliphatic heterocycles. The number of likely N-dealkylation sites (N-methyl/N-ethyl adjacent to an activating group) is 1. The lowest BCUT2D eigenvalue weighted by atomic mass is 10.1. The summed E-state index contributed by atoms with van der Waals surface area (Å²) in [7, 11) is 3.43. The standard InChI is InChI=1S/C18H24FN5O2.C2HF3O2/c1-22(2)17(25)13-26-7-5-14-10-23-6-3-4-16(23)12-24(11-14)18-20-8-15(19)9-21-18;3-2(4,5)1(6)7/h3-4,6,8-9,14H,5,7,10-13H2,1-2H3;(H,6,7). The average molecular weight is 475 g/mol. The lowest BCUT2D eigenvalue weighted by Crippen LogP contribution is -2.30. The second kappa shape index (κ2) is 11.6. The van der Waals surface area contributed by atoms with Crippen molar-refractivity contribution in [3.05, 3.63) is 42.2 Å². The van der Waals surface area contributed by atoms with Crippen molar-refractivity contribution >= 4 is 17.8 Å². The van der Waals surface area contributed by atoms with Gasteiger partial charge in [0.1, 0.15) is 6.61 Å². The lowest BCUT2D eigenvalue weighted by Gasteiger charge is -2.24. The van der Waals surface area contributed by atoms with Gasteiger partial charge < -0.3 is 24.2 Å². The van der Waals surface area contributed by atoms with E-state index in [1.807, 2.05) is 6.07 Å². The first kappa shape index (κ1) is 26.0. The van der Waals surface area contributed by atoms with E-state index in [4.69, 9.17) is 14.6 Å². The molecule has 1 N–H and O–H groups in total.